The standard InChI is InChI=1S/C25H19F3N2O6/c1-34-17-9-4-10-18(35-2)19(17)22(31)20-21(14-6-5-11-29-13-14)30(24(33)23(20)32)15-7-3-8-16(12-15)36-25(26,27)28/h3-13,21,31H,1-2H3/b22-20+. The van der Waals surface area contributed by atoms with Gasteiger partial charge in [0.25, 0.3) is 11.7 Å². The summed E-state index contributed by atoms with van der Waals surface area (Å²) in [7, 11) is 2.71. The summed E-state index contributed by atoms with van der Waals surface area (Å²) in [6, 6.07) is 11.2. The molecule has 2 heterocycles. The number of pyridine rings is 1. The Bertz CT molecular complexity index is 1320. The van der Waals surface area contributed by atoms with Crippen molar-refractivity contribution in [2.45, 2.75) is 12.4 Å². The van der Waals surface area contributed by atoms with Crippen molar-refractivity contribution in [1.82, 2.24) is 4.98 Å². The first-order valence-electron chi connectivity index (χ1n) is 10.4. The molecule has 1 atom stereocenters. The molecule has 1 N–H and O–H groups in total. The highest BCUT2D eigenvalue weighted by molar-refractivity contribution is 6.51. The fourth-order valence-corrected chi connectivity index (χ4v) is 4.00. The van der Waals surface area contributed by atoms with Crippen LogP contribution in [0, 0.1) is 0 Å². The van der Waals surface area contributed by atoms with Crippen LogP contribution in [-0.4, -0.2) is 42.4 Å². The molecular formula is C25H19F3N2O6. The maximum absolute atomic E-state index is 13.3. The molecule has 0 spiro atoms. The van der Waals surface area contributed by atoms with Crippen molar-refractivity contribution in [2.24, 2.45) is 0 Å². The van der Waals surface area contributed by atoms with Crippen LogP contribution in [-0.2, 0) is 9.59 Å². The van der Waals surface area contributed by atoms with Crippen molar-refractivity contribution in [3.63, 3.8) is 0 Å². The number of amides is 1. The summed E-state index contributed by atoms with van der Waals surface area (Å²) >= 11 is 0. The van der Waals surface area contributed by atoms with Gasteiger partial charge in [0.1, 0.15) is 28.6 Å². The summed E-state index contributed by atoms with van der Waals surface area (Å²) in [4.78, 5) is 31.5. The highest BCUT2D eigenvalue weighted by atomic mass is 19.4. The first kappa shape index (κ1) is 24.6. The Morgan fingerprint density at radius 3 is 2.25 bits per heavy atom. The Morgan fingerprint density at radius 2 is 1.67 bits per heavy atom. The number of benzene rings is 2. The minimum absolute atomic E-state index is 0.0311. The SMILES string of the molecule is COc1cccc(OC)c1/C(O)=C1\C(=O)C(=O)N(c2cccc(OC(F)(F)F)c2)C1c1cccnc1. The Hall–Kier alpha value is -4.54. The number of nitrogens with zero attached hydrogens (tertiary/aromatic N) is 2. The molecule has 0 radical (unpaired) electrons. The van der Waals surface area contributed by atoms with E-state index in [0.717, 1.165) is 17.0 Å². The summed E-state index contributed by atoms with van der Waals surface area (Å²) in [5.41, 5.74) is -0.0190. The van der Waals surface area contributed by atoms with Crippen molar-refractivity contribution >= 4 is 23.1 Å². The second-order valence-electron chi connectivity index (χ2n) is 7.54. The number of rotatable bonds is 6. The Labute approximate surface area is 203 Å². The molecule has 0 aliphatic carbocycles. The van der Waals surface area contributed by atoms with Gasteiger partial charge in [-0.1, -0.05) is 18.2 Å². The number of carbonyl (C=O) groups excluding carboxylic acids is 2. The van der Waals surface area contributed by atoms with Crippen LogP contribution in [0.5, 0.6) is 17.2 Å². The van der Waals surface area contributed by atoms with E-state index >= 15 is 0 Å². The molecule has 186 valence electrons. The fourth-order valence-electron chi connectivity index (χ4n) is 4.00. The average Bonchev–Trinajstić information content (AvgIpc) is 3.13. The lowest BCUT2D eigenvalue weighted by Crippen LogP contribution is -2.29. The van der Waals surface area contributed by atoms with Crippen molar-refractivity contribution < 1.29 is 42.1 Å². The van der Waals surface area contributed by atoms with Gasteiger partial charge in [-0.2, -0.15) is 0 Å². The van der Waals surface area contributed by atoms with Gasteiger partial charge in [-0.15, -0.1) is 13.2 Å². The van der Waals surface area contributed by atoms with Gasteiger partial charge in [-0.05, 0) is 35.9 Å². The number of aromatic nitrogens is 1. The Balaban J connectivity index is 1.95. The lowest BCUT2D eigenvalue weighted by Gasteiger charge is -2.26. The Morgan fingerprint density at radius 1 is 1.00 bits per heavy atom. The number of halogens is 3. The number of Topliss-reactive ketones (excluding diaryl/α,β-unsaturated/α-hetero) is 1. The van der Waals surface area contributed by atoms with Gasteiger partial charge >= 0.3 is 6.36 Å². The fraction of sp³-hybridized carbons (Fsp3) is 0.160. The van der Waals surface area contributed by atoms with Gasteiger partial charge in [-0.3, -0.25) is 19.5 Å². The highest BCUT2D eigenvalue weighted by Gasteiger charge is 2.48. The second-order valence-corrected chi connectivity index (χ2v) is 7.54. The van der Waals surface area contributed by atoms with Crippen molar-refractivity contribution in [1.29, 1.82) is 0 Å². The van der Waals surface area contributed by atoms with E-state index in [9.17, 15) is 27.9 Å². The molecule has 2 aromatic carbocycles. The zero-order valence-corrected chi connectivity index (χ0v) is 18.9. The number of aliphatic hydroxyl groups is 1. The van der Waals surface area contributed by atoms with E-state index < -0.39 is 35.6 Å². The zero-order chi connectivity index (χ0) is 26.0. The van der Waals surface area contributed by atoms with Crippen LogP contribution in [0.1, 0.15) is 17.2 Å². The molecular weight excluding hydrogens is 481 g/mol. The van der Waals surface area contributed by atoms with Gasteiger partial charge < -0.3 is 19.3 Å². The molecule has 0 bridgehead atoms. The molecule has 4 rings (SSSR count). The van der Waals surface area contributed by atoms with Crippen molar-refractivity contribution in [3.05, 3.63) is 83.7 Å². The monoisotopic (exact) mass is 500 g/mol. The average molecular weight is 500 g/mol. The molecule has 1 saturated heterocycles. The molecule has 3 aromatic rings. The predicted molar refractivity (Wildman–Crippen MR) is 122 cm³/mol. The number of alkyl halides is 3. The molecule has 1 aliphatic heterocycles. The van der Waals surface area contributed by atoms with Crippen LogP contribution in [0.25, 0.3) is 5.76 Å². The van der Waals surface area contributed by atoms with E-state index in [0.29, 0.717) is 5.56 Å². The van der Waals surface area contributed by atoms with E-state index in [4.69, 9.17) is 9.47 Å². The van der Waals surface area contributed by atoms with Gasteiger partial charge in [0.05, 0.1) is 25.8 Å². The third-order valence-electron chi connectivity index (χ3n) is 5.44. The topological polar surface area (TPSA) is 98.2 Å². The summed E-state index contributed by atoms with van der Waals surface area (Å²) in [5.74, 6) is -2.95. The molecule has 8 nitrogen and oxygen atoms in total. The molecule has 11 heteroatoms. The molecule has 0 saturated carbocycles. The summed E-state index contributed by atoms with van der Waals surface area (Å²) in [6.07, 6.45) is -2.11. The quantitative estimate of drug-likeness (QED) is 0.300. The predicted octanol–water partition coefficient (Wildman–Crippen LogP) is 4.62. The molecule has 1 unspecified atom stereocenters. The van der Waals surface area contributed by atoms with E-state index in [2.05, 4.69) is 9.72 Å². The lowest BCUT2D eigenvalue weighted by atomic mass is 9.95. The smallest absolute Gasteiger partial charge is 0.506 e. The number of hydrogen-bond donors (Lipinski definition) is 1. The first-order valence-corrected chi connectivity index (χ1v) is 10.4. The molecule has 36 heavy (non-hydrogen) atoms. The van der Waals surface area contributed by atoms with Crippen LogP contribution < -0.4 is 19.1 Å². The largest absolute Gasteiger partial charge is 0.573 e. The molecule has 1 fully saturated rings. The summed E-state index contributed by atoms with van der Waals surface area (Å²) in [6.45, 7) is 0. The van der Waals surface area contributed by atoms with E-state index in [1.165, 1.54) is 50.9 Å². The number of aliphatic hydroxyl groups excluding tert-OH is 1. The van der Waals surface area contributed by atoms with Crippen molar-refractivity contribution in [3.8, 4) is 17.2 Å². The third kappa shape index (κ3) is 4.54. The maximum Gasteiger partial charge on any atom is 0.573 e. The number of anilines is 1. The zero-order valence-electron chi connectivity index (χ0n) is 18.9. The van der Waals surface area contributed by atoms with Crippen LogP contribution in [0.3, 0.4) is 0 Å². The highest BCUT2D eigenvalue weighted by Crippen LogP contribution is 2.45. The number of ether oxygens (including phenoxy) is 3. The van der Waals surface area contributed by atoms with Crippen LogP contribution in [0.2, 0.25) is 0 Å². The molecule has 1 aromatic heterocycles. The van der Waals surface area contributed by atoms with Crippen LogP contribution >= 0.6 is 0 Å². The van der Waals surface area contributed by atoms with Crippen LogP contribution in [0.15, 0.2) is 72.6 Å². The summed E-state index contributed by atoms with van der Waals surface area (Å²) < 4.78 is 53.0. The van der Waals surface area contributed by atoms with E-state index in [-0.39, 0.29) is 28.3 Å². The number of ketones is 1. The molecule has 1 amide bonds. The minimum atomic E-state index is -4.96. The van der Waals surface area contributed by atoms with Gasteiger partial charge in [0.15, 0.2) is 0 Å². The van der Waals surface area contributed by atoms with Crippen molar-refractivity contribution in [2.75, 3.05) is 19.1 Å². The molecule has 1 aliphatic rings. The normalized spacial score (nSPS) is 17.2. The number of methoxy groups -OCH3 is 2. The number of carbonyl (C=O) groups is 2. The van der Waals surface area contributed by atoms with Gasteiger partial charge in [0.2, 0.25) is 0 Å². The summed E-state index contributed by atoms with van der Waals surface area (Å²) in [5, 5.41) is 11.4. The van der Waals surface area contributed by atoms with Crippen LogP contribution in [0.4, 0.5) is 18.9 Å². The van der Waals surface area contributed by atoms with Gasteiger partial charge in [-0.25, -0.2) is 0 Å². The third-order valence-corrected chi connectivity index (χ3v) is 5.44. The second kappa shape index (κ2) is 9.61. The van der Waals surface area contributed by atoms with E-state index in [1.54, 1.807) is 18.2 Å². The minimum Gasteiger partial charge on any atom is -0.506 e. The van der Waals surface area contributed by atoms with E-state index in [1.807, 2.05) is 0 Å². The number of hydrogen-bond acceptors (Lipinski definition) is 7. The Kier molecular flexibility index (Phi) is 6.56. The van der Waals surface area contributed by atoms with Gasteiger partial charge in [0, 0.05) is 24.1 Å². The lowest BCUT2D eigenvalue weighted by molar-refractivity contribution is -0.274. The first-order chi connectivity index (χ1) is 17.2. The maximum atomic E-state index is 13.3.